The predicted octanol–water partition coefficient (Wildman–Crippen LogP) is 8.43. The van der Waals surface area contributed by atoms with Crippen molar-refractivity contribution in [1.29, 1.82) is 0 Å². The molecule has 3 rings (SSSR count). The van der Waals surface area contributed by atoms with Gasteiger partial charge in [0.1, 0.15) is 73.2 Å². The molecule has 0 aromatic rings. The third kappa shape index (κ3) is 33.3. The van der Waals surface area contributed by atoms with Gasteiger partial charge in [0.15, 0.2) is 18.9 Å². The summed E-state index contributed by atoms with van der Waals surface area (Å²) >= 11 is 0. The van der Waals surface area contributed by atoms with E-state index in [-0.39, 0.29) is 18.9 Å². The zero-order valence-electron chi connectivity index (χ0n) is 54.1. The highest BCUT2D eigenvalue weighted by atomic mass is 16.8. The average Bonchev–Trinajstić information content (AvgIpc) is 0.864. The largest absolute Gasteiger partial charge is 0.394 e. The molecule has 0 aromatic carbocycles. The maximum absolute atomic E-state index is 13.4. The Labute approximate surface area is 538 Å². The summed E-state index contributed by atoms with van der Waals surface area (Å²) in [6, 6.07) is -1.01. The molecule has 3 fully saturated rings. The maximum atomic E-state index is 13.4. The third-order valence-electron chi connectivity index (χ3n) is 16.0. The van der Waals surface area contributed by atoms with Gasteiger partial charge in [0.25, 0.3) is 0 Å². The van der Waals surface area contributed by atoms with Gasteiger partial charge in [-0.1, -0.05) is 206 Å². The van der Waals surface area contributed by atoms with Gasteiger partial charge in [-0.25, -0.2) is 0 Å². The van der Waals surface area contributed by atoms with E-state index < -0.39 is 124 Å². The number of hydrogen-bond donors (Lipinski definition) is 12. The summed E-state index contributed by atoms with van der Waals surface area (Å²) in [6.07, 6.45) is 43.3. The lowest BCUT2D eigenvalue weighted by atomic mass is 9.96. The molecule has 17 unspecified atom stereocenters. The maximum Gasteiger partial charge on any atom is 0.220 e. The van der Waals surface area contributed by atoms with E-state index in [9.17, 15) is 61.0 Å². The Morgan fingerprint density at radius 2 is 0.778 bits per heavy atom. The van der Waals surface area contributed by atoms with E-state index in [4.69, 9.17) is 28.4 Å². The number of aliphatic hydroxyl groups is 11. The normalized spacial score (nSPS) is 28.8. The molecule has 0 spiro atoms. The molecule has 3 aliphatic rings. The van der Waals surface area contributed by atoms with Crippen LogP contribution in [0.2, 0.25) is 0 Å². The molecule has 1 amide bonds. The number of unbranched alkanes of at least 4 members (excludes halogenated alkanes) is 15. The van der Waals surface area contributed by atoms with Gasteiger partial charge in [-0.3, -0.25) is 4.79 Å². The van der Waals surface area contributed by atoms with Crippen LogP contribution >= 0.6 is 0 Å². The van der Waals surface area contributed by atoms with E-state index in [1.54, 1.807) is 6.08 Å². The van der Waals surface area contributed by atoms with Gasteiger partial charge in [0.2, 0.25) is 5.91 Å². The highest BCUT2D eigenvalue weighted by Gasteiger charge is 2.53. The lowest BCUT2D eigenvalue weighted by Crippen LogP contribution is -2.66. The third-order valence-corrected chi connectivity index (χ3v) is 16.0. The molecule has 90 heavy (non-hydrogen) atoms. The van der Waals surface area contributed by atoms with Crippen LogP contribution in [0.5, 0.6) is 0 Å². The van der Waals surface area contributed by atoms with Crippen LogP contribution in [0.1, 0.15) is 187 Å². The summed E-state index contributed by atoms with van der Waals surface area (Å²) in [5.74, 6) is -0.301. The number of hydrogen-bond acceptors (Lipinski definition) is 18. The molecule has 0 aliphatic carbocycles. The van der Waals surface area contributed by atoms with Crippen molar-refractivity contribution in [3.8, 4) is 0 Å². The topological polar surface area (TPSA) is 307 Å². The van der Waals surface area contributed by atoms with E-state index in [0.29, 0.717) is 12.8 Å². The van der Waals surface area contributed by atoms with Gasteiger partial charge < -0.3 is 89.9 Å². The Bertz CT molecular complexity index is 2100. The number of allylic oxidation sites excluding steroid dienone is 19. The fourth-order valence-electron chi connectivity index (χ4n) is 10.5. The quantitative estimate of drug-likeness (QED) is 0.0201. The van der Waals surface area contributed by atoms with E-state index in [0.717, 1.165) is 103 Å². The molecule has 0 aromatic heterocycles. The number of aliphatic hydroxyl groups excluding tert-OH is 11. The Balaban J connectivity index is 1.38. The highest BCUT2D eigenvalue weighted by molar-refractivity contribution is 5.76. The fourth-order valence-corrected chi connectivity index (χ4v) is 10.5. The van der Waals surface area contributed by atoms with Crippen LogP contribution in [-0.4, -0.2) is 193 Å². The predicted molar refractivity (Wildman–Crippen MR) is 350 cm³/mol. The standard InChI is InChI=1S/C71H117NO18/c1-3-5-7-9-11-13-15-17-18-19-20-21-22-23-24-25-26-27-28-29-30-31-32-33-34-35-36-37-39-41-43-45-47-49-59(77)72-54(55(76)48-46-44-42-40-38-16-14-12-10-8-6-4-2)53-85-69-65(83)62(80)67(57(51-74)87-69)90-71-66(84)63(81)68(58(52-75)88-71)89-70-64(82)61(79)60(78)56(50-73)86-70/h5,7,10-13,17-18,20-21,23-24,26-27,29-30,38,40,46,48,54-58,60-71,73-76,78-84H,3-4,6,8-9,14-16,19,22,25,28,31-37,39,41-45,47,49-53H2,1-2H3,(H,72,77)/b7-5-,12-10+,13-11-,18-17-,21-20-,24-23-,27-26-,30-29-,40-38+,48-46+. The van der Waals surface area contributed by atoms with Crippen molar-refractivity contribution < 1.29 is 89.4 Å². The lowest BCUT2D eigenvalue weighted by Gasteiger charge is -2.48. The van der Waals surface area contributed by atoms with Crippen LogP contribution in [-0.2, 0) is 33.2 Å². The summed E-state index contributed by atoms with van der Waals surface area (Å²) < 4.78 is 34.2. The second-order valence-electron chi connectivity index (χ2n) is 23.5. The van der Waals surface area contributed by atoms with Gasteiger partial charge >= 0.3 is 0 Å². The minimum absolute atomic E-state index is 0.220. The molecule has 19 heteroatoms. The molecule has 0 saturated carbocycles. The van der Waals surface area contributed by atoms with Crippen molar-refractivity contribution in [2.75, 3.05) is 26.4 Å². The summed E-state index contributed by atoms with van der Waals surface area (Å²) in [6.45, 7) is 1.50. The van der Waals surface area contributed by atoms with Gasteiger partial charge in [-0.2, -0.15) is 0 Å². The molecular weight excluding hydrogens is 1150 g/mol. The molecule has 3 saturated heterocycles. The Hall–Kier alpha value is -3.81. The van der Waals surface area contributed by atoms with E-state index in [1.807, 2.05) is 6.08 Å². The second kappa shape index (κ2) is 51.6. The molecule has 12 N–H and O–H groups in total. The van der Waals surface area contributed by atoms with Crippen LogP contribution in [0.3, 0.4) is 0 Å². The Morgan fingerprint density at radius 1 is 0.411 bits per heavy atom. The zero-order chi connectivity index (χ0) is 65.4. The summed E-state index contributed by atoms with van der Waals surface area (Å²) in [5.41, 5.74) is 0. The number of ether oxygens (including phenoxy) is 6. The first-order valence-electron chi connectivity index (χ1n) is 33.8. The van der Waals surface area contributed by atoms with Crippen molar-refractivity contribution >= 4 is 5.91 Å². The molecule has 0 radical (unpaired) electrons. The SMILES string of the molecule is CC/C=C\C/C=C\C/C=C\C/C=C\C/C=C\C/C=C\C/C=C\CCCCCCCCCCCCCC(=O)NC(COC1OC(CO)C(OC2OC(CO)C(OC3OC(CO)C(O)C(O)C3O)C(O)C2O)C(O)C1O)C(O)/C=C/CC/C=C/CC/C=C/CCCC. The number of carbonyl (C=O) groups excluding carboxylic acids is 1. The van der Waals surface area contributed by atoms with E-state index >= 15 is 0 Å². The molecule has 19 nitrogen and oxygen atoms in total. The van der Waals surface area contributed by atoms with Crippen molar-refractivity contribution in [3.63, 3.8) is 0 Å². The van der Waals surface area contributed by atoms with Crippen molar-refractivity contribution in [3.05, 3.63) is 122 Å². The van der Waals surface area contributed by atoms with Crippen LogP contribution in [0, 0.1) is 0 Å². The van der Waals surface area contributed by atoms with Gasteiger partial charge in [-0.15, -0.1) is 0 Å². The van der Waals surface area contributed by atoms with Crippen LogP contribution in [0.25, 0.3) is 0 Å². The van der Waals surface area contributed by atoms with Crippen LogP contribution in [0.4, 0.5) is 0 Å². The molecular formula is C71H117NO18. The molecule has 3 aliphatic heterocycles. The van der Waals surface area contributed by atoms with Crippen molar-refractivity contribution in [2.45, 2.75) is 291 Å². The van der Waals surface area contributed by atoms with Gasteiger partial charge in [-0.05, 0) is 96.3 Å². The number of nitrogens with one attached hydrogen (secondary N) is 1. The smallest absolute Gasteiger partial charge is 0.220 e. The molecule has 3 heterocycles. The molecule has 514 valence electrons. The fraction of sp³-hybridized carbons (Fsp3) is 0.704. The van der Waals surface area contributed by atoms with Crippen LogP contribution in [0.15, 0.2) is 122 Å². The average molecular weight is 1270 g/mol. The number of amides is 1. The lowest BCUT2D eigenvalue weighted by molar-refractivity contribution is -0.379. The van der Waals surface area contributed by atoms with Crippen molar-refractivity contribution in [2.24, 2.45) is 0 Å². The van der Waals surface area contributed by atoms with E-state index in [2.05, 4.69) is 129 Å². The first kappa shape index (κ1) is 80.4. The van der Waals surface area contributed by atoms with Crippen molar-refractivity contribution in [1.82, 2.24) is 5.32 Å². The first-order chi connectivity index (χ1) is 43.8. The summed E-state index contributed by atoms with van der Waals surface area (Å²) in [7, 11) is 0. The Morgan fingerprint density at radius 3 is 1.24 bits per heavy atom. The molecule has 0 bridgehead atoms. The Kier molecular flexibility index (Phi) is 46.1. The first-order valence-corrected chi connectivity index (χ1v) is 33.8. The highest BCUT2D eigenvalue weighted by Crippen LogP contribution is 2.33. The summed E-state index contributed by atoms with van der Waals surface area (Å²) in [5, 5.41) is 120. The number of rotatable bonds is 49. The van der Waals surface area contributed by atoms with Gasteiger partial charge in [0, 0.05) is 6.42 Å². The molecule has 17 atom stereocenters. The minimum atomic E-state index is -1.99. The second-order valence-corrected chi connectivity index (χ2v) is 23.5. The minimum Gasteiger partial charge on any atom is -0.394 e. The van der Waals surface area contributed by atoms with E-state index in [1.165, 1.54) is 51.4 Å². The summed E-state index contributed by atoms with van der Waals surface area (Å²) in [4.78, 5) is 13.4. The zero-order valence-corrected chi connectivity index (χ0v) is 54.1. The number of carbonyl (C=O) groups is 1. The monoisotopic (exact) mass is 1270 g/mol. The van der Waals surface area contributed by atoms with Crippen LogP contribution < -0.4 is 5.32 Å². The van der Waals surface area contributed by atoms with Gasteiger partial charge in [0.05, 0.1) is 38.6 Å².